The number of carbonyl (C=O) groups excluding carboxylic acids is 1. The number of nitrogens with zero attached hydrogens (tertiary/aromatic N) is 2. The van der Waals surface area contributed by atoms with Crippen LogP contribution in [0.3, 0.4) is 0 Å². The Morgan fingerprint density at radius 1 is 1.17 bits per heavy atom. The second-order valence-corrected chi connectivity index (χ2v) is 4.54. The zero-order valence-electron chi connectivity index (χ0n) is 10.0. The minimum atomic E-state index is -0.0926. The van der Waals surface area contributed by atoms with E-state index in [0.29, 0.717) is 16.8 Å². The van der Waals surface area contributed by atoms with Gasteiger partial charge in [0.1, 0.15) is 10.3 Å². The molecule has 18 heavy (non-hydrogen) atoms. The average Bonchev–Trinajstić information content (AvgIpc) is 2.41. The molecule has 0 saturated carbocycles. The van der Waals surface area contributed by atoms with Gasteiger partial charge in [0, 0.05) is 12.2 Å². The van der Waals surface area contributed by atoms with Crippen molar-refractivity contribution in [2.75, 3.05) is 11.4 Å². The molecule has 2 aromatic rings. The molecule has 0 aliphatic heterocycles. The number of amides is 1. The monoisotopic (exact) mass is 304 g/mol. The summed E-state index contributed by atoms with van der Waals surface area (Å²) in [5.74, 6) is -0.0926. The van der Waals surface area contributed by atoms with Gasteiger partial charge in [0.15, 0.2) is 0 Å². The lowest BCUT2D eigenvalue weighted by Gasteiger charge is -2.20. The van der Waals surface area contributed by atoms with E-state index in [-0.39, 0.29) is 5.91 Å². The molecule has 1 aromatic carbocycles. The van der Waals surface area contributed by atoms with E-state index in [1.807, 2.05) is 43.3 Å². The average molecular weight is 305 g/mol. The van der Waals surface area contributed by atoms with Crippen molar-refractivity contribution in [1.29, 1.82) is 0 Å². The molecule has 3 nitrogen and oxygen atoms in total. The van der Waals surface area contributed by atoms with Gasteiger partial charge in [-0.2, -0.15) is 0 Å². The zero-order valence-corrected chi connectivity index (χ0v) is 11.6. The van der Waals surface area contributed by atoms with E-state index in [0.717, 1.165) is 5.69 Å². The van der Waals surface area contributed by atoms with Gasteiger partial charge in [-0.15, -0.1) is 0 Å². The van der Waals surface area contributed by atoms with Gasteiger partial charge in [-0.05, 0) is 47.1 Å². The molecule has 4 heteroatoms. The third-order valence-electron chi connectivity index (χ3n) is 2.56. The van der Waals surface area contributed by atoms with Crippen LogP contribution in [0.1, 0.15) is 17.4 Å². The van der Waals surface area contributed by atoms with Crippen molar-refractivity contribution in [3.05, 3.63) is 58.8 Å². The Morgan fingerprint density at radius 2 is 1.89 bits per heavy atom. The van der Waals surface area contributed by atoms with E-state index in [1.165, 1.54) is 0 Å². The van der Waals surface area contributed by atoms with E-state index in [2.05, 4.69) is 20.9 Å². The summed E-state index contributed by atoms with van der Waals surface area (Å²) in [7, 11) is 0. The quantitative estimate of drug-likeness (QED) is 0.813. The summed E-state index contributed by atoms with van der Waals surface area (Å²) in [6.45, 7) is 2.56. The smallest absolute Gasteiger partial charge is 0.276 e. The maximum absolute atomic E-state index is 12.4. The van der Waals surface area contributed by atoms with Crippen molar-refractivity contribution in [3.63, 3.8) is 0 Å². The van der Waals surface area contributed by atoms with Gasteiger partial charge in [0.25, 0.3) is 5.91 Å². The molecule has 1 aromatic heterocycles. The van der Waals surface area contributed by atoms with E-state index >= 15 is 0 Å². The van der Waals surface area contributed by atoms with Gasteiger partial charge in [-0.1, -0.05) is 24.3 Å². The summed E-state index contributed by atoms with van der Waals surface area (Å²) in [5, 5.41) is 0. The number of benzene rings is 1. The molecular weight excluding hydrogens is 292 g/mol. The normalized spacial score (nSPS) is 10.1. The van der Waals surface area contributed by atoms with Gasteiger partial charge in [-0.25, -0.2) is 4.98 Å². The van der Waals surface area contributed by atoms with Crippen LogP contribution in [-0.2, 0) is 0 Å². The molecule has 0 aliphatic carbocycles. The lowest BCUT2D eigenvalue weighted by molar-refractivity contribution is 0.0983. The Hall–Kier alpha value is -1.68. The van der Waals surface area contributed by atoms with Crippen molar-refractivity contribution in [3.8, 4) is 0 Å². The molecule has 0 N–H and O–H groups in total. The van der Waals surface area contributed by atoms with Crippen molar-refractivity contribution in [2.45, 2.75) is 6.92 Å². The fourth-order valence-corrected chi connectivity index (χ4v) is 2.06. The summed E-state index contributed by atoms with van der Waals surface area (Å²) in [4.78, 5) is 18.3. The summed E-state index contributed by atoms with van der Waals surface area (Å²) < 4.78 is 0.664. The molecule has 0 atom stereocenters. The fraction of sp³-hybridized carbons (Fsp3) is 0.143. The van der Waals surface area contributed by atoms with Gasteiger partial charge in [0.2, 0.25) is 0 Å². The molecule has 0 aliphatic rings. The number of aromatic nitrogens is 1. The van der Waals surface area contributed by atoms with E-state index < -0.39 is 0 Å². The van der Waals surface area contributed by atoms with Gasteiger partial charge >= 0.3 is 0 Å². The second-order valence-electron chi connectivity index (χ2n) is 3.73. The first-order valence-corrected chi connectivity index (χ1v) is 6.51. The largest absolute Gasteiger partial charge is 0.307 e. The first kappa shape index (κ1) is 12.8. The molecule has 0 radical (unpaired) electrons. The summed E-state index contributed by atoms with van der Waals surface area (Å²) in [6.07, 6.45) is 0. The molecule has 0 saturated heterocycles. The van der Waals surface area contributed by atoms with Crippen LogP contribution >= 0.6 is 15.9 Å². The molecule has 0 spiro atoms. The summed E-state index contributed by atoms with van der Waals surface area (Å²) in [6, 6.07) is 14.9. The number of pyridine rings is 1. The third kappa shape index (κ3) is 2.76. The maximum Gasteiger partial charge on any atom is 0.276 e. The number of halogens is 1. The number of para-hydroxylation sites is 1. The Balaban J connectivity index is 2.32. The highest BCUT2D eigenvalue weighted by molar-refractivity contribution is 9.10. The highest BCUT2D eigenvalue weighted by atomic mass is 79.9. The van der Waals surface area contributed by atoms with Gasteiger partial charge in [-0.3, -0.25) is 4.79 Å². The van der Waals surface area contributed by atoms with E-state index in [4.69, 9.17) is 0 Å². The van der Waals surface area contributed by atoms with Crippen molar-refractivity contribution < 1.29 is 4.79 Å². The SMILES string of the molecule is CCN(C(=O)c1cccc(Br)n1)c1ccccc1. The molecule has 92 valence electrons. The molecule has 2 rings (SSSR count). The lowest BCUT2D eigenvalue weighted by Crippen LogP contribution is -2.31. The highest BCUT2D eigenvalue weighted by Gasteiger charge is 2.16. The molecule has 1 amide bonds. The first-order valence-electron chi connectivity index (χ1n) is 5.72. The van der Waals surface area contributed by atoms with E-state index in [9.17, 15) is 4.79 Å². The predicted octanol–water partition coefficient (Wildman–Crippen LogP) is 3.51. The van der Waals surface area contributed by atoms with Crippen molar-refractivity contribution in [2.24, 2.45) is 0 Å². The van der Waals surface area contributed by atoms with Crippen LogP contribution in [0, 0.1) is 0 Å². The Bertz CT molecular complexity index is 543. The van der Waals surface area contributed by atoms with Gasteiger partial charge in [0.05, 0.1) is 0 Å². The van der Waals surface area contributed by atoms with Crippen LogP contribution < -0.4 is 4.90 Å². The van der Waals surface area contributed by atoms with Crippen LogP contribution in [0.25, 0.3) is 0 Å². The minimum Gasteiger partial charge on any atom is -0.307 e. The number of carbonyl (C=O) groups is 1. The number of anilines is 1. The molecule has 1 heterocycles. The first-order chi connectivity index (χ1) is 8.72. The van der Waals surface area contributed by atoms with Crippen molar-refractivity contribution >= 4 is 27.5 Å². The van der Waals surface area contributed by atoms with Crippen LogP contribution in [0.2, 0.25) is 0 Å². The summed E-state index contributed by atoms with van der Waals surface area (Å²) >= 11 is 3.28. The number of hydrogen-bond acceptors (Lipinski definition) is 2. The van der Waals surface area contributed by atoms with Crippen molar-refractivity contribution in [1.82, 2.24) is 4.98 Å². The number of hydrogen-bond donors (Lipinski definition) is 0. The number of rotatable bonds is 3. The topological polar surface area (TPSA) is 33.2 Å². The summed E-state index contributed by atoms with van der Waals surface area (Å²) in [5.41, 5.74) is 1.32. The molecular formula is C14H13BrN2O. The lowest BCUT2D eigenvalue weighted by atomic mass is 10.2. The molecule has 0 unspecified atom stereocenters. The molecule has 0 bridgehead atoms. The van der Waals surface area contributed by atoms with Gasteiger partial charge < -0.3 is 4.90 Å². The second kappa shape index (κ2) is 5.78. The Labute approximate surface area is 115 Å². The highest BCUT2D eigenvalue weighted by Crippen LogP contribution is 2.16. The Kier molecular flexibility index (Phi) is 4.10. The van der Waals surface area contributed by atoms with Crippen LogP contribution in [0.15, 0.2) is 53.1 Å². The fourth-order valence-electron chi connectivity index (χ4n) is 1.72. The zero-order chi connectivity index (χ0) is 13.0. The minimum absolute atomic E-state index is 0.0926. The van der Waals surface area contributed by atoms with Crippen LogP contribution in [0.4, 0.5) is 5.69 Å². The van der Waals surface area contributed by atoms with E-state index in [1.54, 1.807) is 17.0 Å². The Morgan fingerprint density at radius 3 is 2.50 bits per heavy atom. The standard InChI is InChI=1S/C14H13BrN2O/c1-2-17(11-7-4-3-5-8-11)14(18)12-9-6-10-13(15)16-12/h3-10H,2H2,1H3. The predicted molar refractivity (Wildman–Crippen MR) is 75.7 cm³/mol. The third-order valence-corrected chi connectivity index (χ3v) is 3.01. The van der Waals surface area contributed by atoms with Crippen LogP contribution in [-0.4, -0.2) is 17.4 Å². The van der Waals surface area contributed by atoms with Crippen LogP contribution in [0.5, 0.6) is 0 Å². The molecule has 0 fully saturated rings. The maximum atomic E-state index is 12.4.